The molecule has 0 saturated carbocycles. The monoisotopic (exact) mass is 232 g/mol. The minimum atomic E-state index is -0.0683. The fourth-order valence-electron chi connectivity index (χ4n) is 1.85. The molecule has 0 spiro atoms. The fourth-order valence-corrected chi connectivity index (χ4v) is 1.85. The number of aliphatic hydroxyl groups excluding tert-OH is 1. The average molecular weight is 232 g/mol. The Kier molecular flexibility index (Phi) is 2.49. The third kappa shape index (κ3) is 1.99. The van der Waals surface area contributed by atoms with Crippen molar-refractivity contribution in [3.05, 3.63) is 47.4 Å². The maximum absolute atomic E-state index is 8.91. The number of rotatable bonds is 3. The number of hydrogen-bond donors (Lipinski definition) is 1. The molecule has 2 aromatic rings. The van der Waals surface area contributed by atoms with Gasteiger partial charge in [0.2, 0.25) is 6.79 Å². The summed E-state index contributed by atoms with van der Waals surface area (Å²) in [6.07, 6.45) is 0.677. The van der Waals surface area contributed by atoms with Crippen LogP contribution in [0.4, 0.5) is 0 Å². The van der Waals surface area contributed by atoms with Crippen molar-refractivity contribution in [1.29, 1.82) is 0 Å². The highest BCUT2D eigenvalue weighted by atomic mass is 16.7. The van der Waals surface area contributed by atoms with E-state index in [4.69, 9.17) is 19.0 Å². The lowest BCUT2D eigenvalue weighted by Crippen LogP contribution is -1.93. The molecule has 1 N–H and O–H groups in total. The van der Waals surface area contributed by atoms with Crippen molar-refractivity contribution in [2.75, 3.05) is 6.79 Å². The first-order valence-electron chi connectivity index (χ1n) is 5.42. The summed E-state index contributed by atoms with van der Waals surface area (Å²) in [7, 11) is 0. The summed E-state index contributed by atoms with van der Waals surface area (Å²) in [5.41, 5.74) is 1.09. The van der Waals surface area contributed by atoms with Gasteiger partial charge in [0, 0.05) is 6.42 Å². The number of aliphatic hydroxyl groups is 1. The first-order chi connectivity index (χ1) is 8.35. The summed E-state index contributed by atoms with van der Waals surface area (Å²) in [4.78, 5) is 0. The molecule has 17 heavy (non-hydrogen) atoms. The quantitative estimate of drug-likeness (QED) is 0.880. The van der Waals surface area contributed by atoms with E-state index in [-0.39, 0.29) is 13.4 Å². The molecule has 0 radical (unpaired) electrons. The summed E-state index contributed by atoms with van der Waals surface area (Å²) in [5, 5.41) is 8.91. The standard InChI is InChI=1S/C13H12O4/c14-7-11-3-2-10(17-11)5-9-1-4-12-13(6-9)16-8-15-12/h1-4,6,14H,5,7-8H2. The summed E-state index contributed by atoms with van der Waals surface area (Å²) in [5.74, 6) is 2.97. The van der Waals surface area contributed by atoms with E-state index in [0.29, 0.717) is 12.2 Å². The van der Waals surface area contributed by atoms with Gasteiger partial charge in [-0.3, -0.25) is 0 Å². The summed E-state index contributed by atoms with van der Waals surface area (Å²) >= 11 is 0. The van der Waals surface area contributed by atoms with Crippen LogP contribution in [-0.4, -0.2) is 11.9 Å². The average Bonchev–Trinajstić information content (AvgIpc) is 2.96. The lowest BCUT2D eigenvalue weighted by atomic mass is 10.1. The molecule has 1 aromatic carbocycles. The predicted molar refractivity (Wildman–Crippen MR) is 60.0 cm³/mol. The van der Waals surface area contributed by atoms with Gasteiger partial charge in [-0.2, -0.15) is 0 Å². The van der Waals surface area contributed by atoms with Gasteiger partial charge in [0.1, 0.15) is 18.1 Å². The molecular formula is C13H12O4. The van der Waals surface area contributed by atoms with E-state index in [1.807, 2.05) is 24.3 Å². The number of fused-ring (bicyclic) bond motifs is 1. The van der Waals surface area contributed by atoms with Crippen molar-refractivity contribution in [1.82, 2.24) is 0 Å². The van der Waals surface area contributed by atoms with Crippen molar-refractivity contribution >= 4 is 0 Å². The molecule has 0 bridgehead atoms. The zero-order valence-corrected chi connectivity index (χ0v) is 9.18. The molecule has 0 aliphatic carbocycles. The first kappa shape index (κ1) is 10.2. The Labute approximate surface area is 98.4 Å². The van der Waals surface area contributed by atoms with Gasteiger partial charge < -0.3 is 19.0 Å². The van der Waals surface area contributed by atoms with Gasteiger partial charge in [-0.05, 0) is 29.8 Å². The molecule has 3 rings (SSSR count). The molecule has 88 valence electrons. The zero-order valence-electron chi connectivity index (χ0n) is 9.18. The van der Waals surface area contributed by atoms with Crippen LogP contribution in [0.1, 0.15) is 17.1 Å². The van der Waals surface area contributed by atoms with Crippen molar-refractivity contribution in [3.63, 3.8) is 0 Å². The van der Waals surface area contributed by atoms with Gasteiger partial charge >= 0.3 is 0 Å². The van der Waals surface area contributed by atoms with Crippen LogP contribution in [0.2, 0.25) is 0 Å². The van der Waals surface area contributed by atoms with Crippen LogP contribution in [0.25, 0.3) is 0 Å². The second-order valence-electron chi connectivity index (χ2n) is 3.89. The zero-order chi connectivity index (χ0) is 11.7. The third-order valence-electron chi connectivity index (χ3n) is 2.69. The van der Waals surface area contributed by atoms with E-state index in [1.165, 1.54) is 0 Å². The molecular weight excluding hydrogens is 220 g/mol. The molecule has 0 saturated heterocycles. The van der Waals surface area contributed by atoms with E-state index in [2.05, 4.69) is 0 Å². The first-order valence-corrected chi connectivity index (χ1v) is 5.42. The Morgan fingerprint density at radius 3 is 2.65 bits per heavy atom. The Balaban J connectivity index is 1.80. The normalized spacial score (nSPS) is 13.0. The van der Waals surface area contributed by atoms with Crippen LogP contribution in [-0.2, 0) is 13.0 Å². The Bertz CT molecular complexity index is 530. The van der Waals surface area contributed by atoms with Crippen LogP contribution < -0.4 is 9.47 Å². The largest absolute Gasteiger partial charge is 0.463 e. The number of benzene rings is 1. The summed E-state index contributed by atoms with van der Waals surface area (Å²) in [6.45, 7) is 0.218. The Hall–Kier alpha value is -1.94. The van der Waals surface area contributed by atoms with Gasteiger partial charge in [0.15, 0.2) is 11.5 Å². The van der Waals surface area contributed by atoms with Crippen molar-refractivity contribution < 1.29 is 19.0 Å². The molecule has 0 atom stereocenters. The van der Waals surface area contributed by atoms with E-state index < -0.39 is 0 Å². The molecule has 1 aliphatic rings. The lowest BCUT2D eigenvalue weighted by Gasteiger charge is -2.01. The smallest absolute Gasteiger partial charge is 0.231 e. The second-order valence-corrected chi connectivity index (χ2v) is 3.89. The van der Waals surface area contributed by atoms with E-state index in [9.17, 15) is 0 Å². The topological polar surface area (TPSA) is 51.8 Å². The van der Waals surface area contributed by atoms with Crippen molar-refractivity contribution in [2.45, 2.75) is 13.0 Å². The number of ether oxygens (including phenoxy) is 2. The summed E-state index contributed by atoms with van der Waals surface area (Å²) < 4.78 is 16.0. The van der Waals surface area contributed by atoms with Gasteiger partial charge in [-0.1, -0.05) is 6.07 Å². The Morgan fingerprint density at radius 1 is 1.00 bits per heavy atom. The van der Waals surface area contributed by atoms with E-state index in [0.717, 1.165) is 22.8 Å². The van der Waals surface area contributed by atoms with Crippen LogP contribution in [0.5, 0.6) is 11.5 Å². The van der Waals surface area contributed by atoms with Crippen LogP contribution >= 0.6 is 0 Å². The van der Waals surface area contributed by atoms with Crippen molar-refractivity contribution in [2.24, 2.45) is 0 Å². The molecule has 2 heterocycles. The van der Waals surface area contributed by atoms with E-state index in [1.54, 1.807) is 6.07 Å². The second kappa shape index (κ2) is 4.14. The molecule has 1 aromatic heterocycles. The predicted octanol–water partition coefficient (Wildman–Crippen LogP) is 2.09. The highest BCUT2D eigenvalue weighted by Gasteiger charge is 2.13. The van der Waals surface area contributed by atoms with Crippen LogP contribution in [0, 0.1) is 0 Å². The number of furan rings is 1. The number of hydrogen-bond acceptors (Lipinski definition) is 4. The molecule has 0 fully saturated rings. The van der Waals surface area contributed by atoms with Gasteiger partial charge in [-0.25, -0.2) is 0 Å². The fraction of sp³-hybridized carbons (Fsp3) is 0.231. The third-order valence-corrected chi connectivity index (χ3v) is 2.69. The lowest BCUT2D eigenvalue weighted by molar-refractivity contribution is 0.174. The molecule has 4 nitrogen and oxygen atoms in total. The maximum Gasteiger partial charge on any atom is 0.231 e. The van der Waals surface area contributed by atoms with Crippen molar-refractivity contribution in [3.8, 4) is 11.5 Å². The summed E-state index contributed by atoms with van der Waals surface area (Å²) in [6, 6.07) is 9.48. The minimum absolute atomic E-state index is 0.0683. The van der Waals surface area contributed by atoms with Crippen LogP contribution in [0.15, 0.2) is 34.7 Å². The van der Waals surface area contributed by atoms with Gasteiger partial charge in [-0.15, -0.1) is 0 Å². The Morgan fingerprint density at radius 2 is 1.82 bits per heavy atom. The molecule has 0 unspecified atom stereocenters. The van der Waals surface area contributed by atoms with E-state index >= 15 is 0 Å². The van der Waals surface area contributed by atoms with Gasteiger partial charge in [0.05, 0.1) is 0 Å². The van der Waals surface area contributed by atoms with Gasteiger partial charge in [0.25, 0.3) is 0 Å². The highest BCUT2D eigenvalue weighted by molar-refractivity contribution is 5.45. The highest BCUT2D eigenvalue weighted by Crippen LogP contribution is 2.33. The maximum atomic E-state index is 8.91. The van der Waals surface area contributed by atoms with Crippen LogP contribution in [0.3, 0.4) is 0 Å². The molecule has 4 heteroatoms. The molecule has 1 aliphatic heterocycles. The minimum Gasteiger partial charge on any atom is -0.463 e. The molecule has 0 amide bonds. The SMILES string of the molecule is OCc1ccc(Cc2ccc3c(c2)OCO3)o1.